The first-order valence-corrected chi connectivity index (χ1v) is 13.7. The zero-order chi connectivity index (χ0) is 30.5. The van der Waals surface area contributed by atoms with Crippen molar-refractivity contribution in [2.75, 3.05) is 18.0 Å². The standard InChI is InChI=1S/C24H29N5.C6H8O7/c1-20-5-7-21(8-6-20)17-28(18-22-9-11-25-12-10-22)19-23-15-26-24(27-16-23)29-13-3-2-4-14-29;7-3(8)1-6(13,5(11)12)2-4(9)10/h5-12,15-16H,2-4,13-14,17-19H2,1H3;13H,1-2H2,(H,7,8)(H,9,10)(H,11,12). The first-order chi connectivity index (χ1) is 20.0. The molecule has 3 aromatic rings. The van der Waals surface area contributed by atoms with Crippen molar-refractivity contribution in [3.05, 3.63) is 83.4 Å². The van der Waals surface area contributed by atoms with E-state index in [4.69, 9.17) is 20.4 Å². The van der Waals surface area contributed by atoms with Crippen LogP contribution in [0.15, 0.2) is 61.2 Å². The summed E-state index contributed by atoms with van der Waals surface area (Å²) in [6.07, 6.45) is 9.20. The van der Waals surface area contributed by atoms with Gasteiger partial charge in [0.25, 0.3) is 0 Å². The third kappa shape index (κ3) is 10.5. The van der Waals surface area contributed by atoms with E-state index in [1.807, 2.05) is 24.8 Å². The Morgan fingerprint density at radius 2 is 1.29 bits per heavy atom. The van der Waals surface area contributed by atoms with Crippen LogP contribution in [0.3, 0.4) is 0 Å². The largest absolute Gasteiger partial charge is 0.481 e. The first-order valence-electron chi connectivity index (χ1n) is 13.7. The maximum Gasteiger partial charge on any atom is 0.336 e. The molecule has 1 fully saturated rings. The third-order valence-electron chi connectivity index (χ3n) is 6.70. The molecule has 1 aromatic carbocycles. The predicted molar refractivity (Wildman–Crippen MR) is 154 cm³/mol. The van der Waals surface area contributed by atoms with E-state index in [2.05, 4.69) is 68.1 Å². The molecule has 1 aliphatic rings. The van der Waals surface area contributed by atoms with Gasteiger partial charge in [-0.2, -0.15) is 0 Å². The lowest BCUT2D eigenvalue weighted by Gasteiger charge is -2.27. The van der Waals surface area contributed by atoms with Gasteiger partial charge in [0.1, 0.15) is 0 Å². The fraction of sp³-hybridized carbons (Fsp3) is 0.400. The fourth-order valence-corrected chi connectivity index (χ4v) is 4.52. The van der Waals surface area contributed by atoms with E-state index >= 15 is 0 Å². The van der Waals surface area contributed by atoms with E-state index in [1.165, 1.54) is 36.0 Å². The van der Waals surface area contributed by atoms with Gasteiger partial charge in [-0.1, -0.05) is 29.8 Å². The van der Waals surface area contributed by atoms with E-state index < -0.39 is 36.4 Å². The molecule has 4 rings (SSSR count). The van der Waals surface area contributed by atoms with Crippen molar-refractivity contribution >= 4 is 23.9 Å². The topological polar surface area (TPSA) is 177 Å². The summed E-state index contributed by atoms with van der Waals surface area (Å²) < 4.78 is 0. The number of carboxylic acids is 3. The number of anilines is 1. The van der Waals surface area contributed by atoms with Gasteiger partial charge in [0.15, 0.2) is 5.60 Å². The molecule has 0 amide bonds. The summed E-state index contributed by atoms with van der Waals surface area (Å²) in [7, 11) is 0. The van der Waals surface area contributed by atoms with Gasteiger partial charge in [-0.05, 0) is 49.4 Å². The summed E-state index contributed by atoms with van der Waals surface area (Å²) in [5.74, 6) is -4.15. The summed E-state index contributed by atoms with van der Waals surface area (Å²) in [6, 6.07) is 12.9. The van der Waals surface area contributed by atoms with Gasteiger partial charge in [0.05, 0.1) is 12.8 Å². The number of pyridine rings is 1. The monoisotopic (exact) mass is 579 g/mol. The van der Waals surface area contributed by atoms with Crippen molar-refractivity contribution in [3.63, 3.8) is 0 Å². The SMILES string of the molecule is Cc1ccc(CN(Cc2ccncc2)Cc2cnc(N3CCCCC3)nc2)cc1.O=C(O)CC(O)(CC(=O)O)C(=O)O. The van der Waals surface area contributed by atoms with Crippen LogP contribution in [-0.4, -0.2) is 76.9 Å². The molecule has 12 nitrogen and oxygen atoms in total. The molecule has 0 unspecified atom stereocenters. The van der Waals surface area contributed by atoms with Crippen LogP contribution in [0.1, 0.15) is 54.4 Å². The number of benzene rings is 1. The molecule has 12 heteroatoms. The molecular weight excluding hydrogens is 542 g/mol. The molecule has 0 aliphatic carbocycles. The number of aromatic nitrogens is 3. The van der Waals surface area contributed by atoms with E-state index in [0.29, 0.717) is 0 Å². The number of carbonyl (C=O) groups is 3. The van der Waals surface area contributed by atoms with Gasteiger partial charge < -0.3 is 25.3 Å². The van der Waals surface area contributed by atoms with Crippen LogP contribution in [0.2, 0.25) is 0 Å². The van der Waals surface area contributed by atoms with Crippen molar-refractivity contribution in [2.45, 2.75) is 64.3 Å². The molecule has 1 saturated heterocycles. The second kappa shape index (κ2) is 15.5. The number of carboxylic acid groups (broad SMARTS) is 3. The number of aliphatic hydroxyl groups is 1. The predicted octanol–water partition coefficient (Wildman–Crippen LogP) is 3.12. The van der Waals surface area contributed by atoms with E-state index in [-0.39, 0.29) is 0 Å². The lowest BCUT2D eigenvalue weighted by Crippen LogP contribution is -2.42. The highest BCUT2D eigenvalue weighted by Gasteiger charge is 2.40. The van der Waals surface area contributed by atoms with E-state index in [0.717, 1.165) is 44.2 Å². The van der Waals surface area contributed by atoms with Gasteiger partial charge in [-0.15, -0.1) is 0 Å². The minimum atomic E-state index is -2.74. The molecule has 0 radical (unpaired) electrons. The van der Waals surface area contributed by atoms with Crippen LogP contribution in [-0.2, 0) is 34.0 Å². The van der Waals surface area contributed by atoms with Crippen molar-refractivity contribution in [3.8, 4) is 0 Å². The summed E-state index contributed by atoms with van der Waals surface area (Å²) in [6.45, 7) is 6.83. The quantitative estimate of drug-likeness (QED) is 0.247. The fourth-order valence-electron chi connectivity index (χ4n) is 4.52. The highest BCUT2D eigenvalue weighted by molar-refractivity contribution is 5.88. The van der Waals surface area contributed by atoms with Gasteiger partial charge in [0.2, 0.25) is 5.95 Å². The van der Waals surface area contributed by atoms with Crippen molar-refractivity contribution in [2.24, 2.45) is 0 Å². The second-order valence-electron chi connectivity index (χ2n) is 10.4. The Labute approximate surface area is 244 Å². The molecular formula is C30H37N5O7. The lowest BCUT2D eigenvalue weighted by molar-refractivity contribution is -0.170. The van der Waals surface area contributed by atoms with Crippen molar-refractivity contribution < 1.29 is 34.8 Å². The van der Waals surface area contributed by atoms with Crippen molar-refractivity contribution in [1.82, 2.24) is 19.9 Å². The molecule has 0 spiro atoms. The number of piperidine rings is 1. The average molecular weight is 580 g/mol. The molecule has 224 valence electrons. The number of aryl methyl sites for hydroxylation is 1. The molecule has 3 heterocycles. The average Bonchev–Trinajstić information content (AvgIpc) is 2.95. The Kier molecular flexibility index (Phi) is 11.9. The van der Waals surface area contributed by atoms with E-state index in [9.17, 15) is 14.4 Å². The number of nitrogens with zero attached hydrogens (tertiary/aromatic N) is 5. The highest BCUT2D eigenvalue weighted by Crippen LogP contribution is 2.18. The molecule has 4 N–H and O–H groups in total. The lowest BCUT2D eigenvalue weighted by atomic mass is 9.96. The summed E-state index contributed by atoms with van der Waals surface area (Å²) >= 11 is 0. The summed E-state index contributed by atoms with van der Waals surface area (Å²) in [4.78, 5) is 48.7. The Morgan fingerprint density at radius 1 is 0.786 bits per heavy atom. The van der Waals surface area contributed by atoms with Crippen LogP contribution >= 0.6 is 0 Å². The van der Waals surface area contributed by atoms with Gasteiger partial charge in [-0.3, -0.25) is 19.5 Å². The Morgan fingerprint density at radius 3 is 1.79 bits per heavy atom. The number of hydrogen-bond donors (Lipinski definition) is 4. The number of hydrogen-bond acceptors (Lipinski definition) is 9. The maximum atomic E-state index is 10.3. The van der Waals surface area contributed by atoms with Gasteiger partial charge >= 0.3 is 17.9 Å². The van der Waals surface area contributed by atoms with Crippen LogP contribution in [0.25, 0.3) is 0 Å². The number of aliphatic carboxylic acids is 3. The second-order valence-corrected chi connectivity index (χ2v) is 10.4. The zero-order valence-corrected chi connectivity index (χ0v) is 23.6. The first kappa shape index (κ1) is 32.1. The molecule has 0 bridgehead atoms. The Balaban J connectivity index is 0.000000316. The van der Waals surface area contributed by atoms with Crippen LogP contribution in [0.4, 0.5) is 5.95 Å². The third-order valence-corrected chi connectivity index (χ3v) is 6.70. The zero-order valence-electron chi connectivity index (χ0n) is 23.6. The van der Waals surface area contributed by atoms with Crippen molar-refractivity contribution in [1.29, 1.82) is 0 Å². The highest BCUT2D eigenvalue weighted by atomic mass is 16.4. The van der Waals surface area contributed by atoms with Gasteiger partial charge in [-0.25, -0.2) is 14.8 Å². The number of rotatable bonds is 12. The van der Waals surface area contributed by atoms with Crippen LogP contribution < -0.4 is 4.90 Å². The Bertz CT molecular complexity index is 1280. The normalized spacial score (nSPS) is 13.3. The maximum absolute atomic E-state index is 10.3. The smallest absolute Gasteiger partial charge is 0.336 e. The molecule has 2 aromatic heterocycles. The van der Waals surface area contributed by atoms with E-state index in [1.54, 1.807) is 0 Å². The Hall–Kier alpha value is -4.42. The molecule has 42 heavy (non-hydrogen) atoms. The van der Waals surface area contributed by atoms with Gasteiger partial charge in [0, 0.05) is 63.1 Å². The van der Waals surface area contributed by atoms with Crippen LogP contribution in [0, 0.1) is 6.92 Å². The molecule has 0 saturated carbocycles. The summed E-state index contributed by atoms with van der Waals surface area (Å²) in [5.41, 5.74) is 2.27. The molecule has 1 aliphatic heterocycles. The minimum Gasteiger partial charge on any atom is -0.481 e. The van der Waals surface area contributed by atoms with Crippen LogP contribution in [0.5, 0.6) is 0 Å². The summed E-state index contributed by atoms with van der Waals surface area (Å²) in [5, 5.41) is 33.8. The molecule has 0 atom stereocenters. The minimum absolute atomic E-state index is 0.816.